The van der Waals surface area contributed by atoms with Crippen LogP contribution in [0, 0.1) is 20.8 Å². The first kappa shape index (κ1) is 11.5. The molecule has 0 aliphatic heterocycles. The first-order valence-corrected chi connectivity index (χ1v) is 5.55. The van der Waals surface area contributed by atoms with Crippen LogP contribution in [0.2, 0.25) is 0 Å². The molecule has 0 bridgehead atoms. The van der Waals surface area contributed by atoms with E-state index in [0.29, 0.717) is 11.6 Å². The highest BCUT2D eigenvalue weighted by molar-refractivity contribution is 5.45. The Morgan fingerprint density at radius 1 is 1.06 bits per heavy atom. The molecule has 0 spiro atoms. The van der Waals surface area contributed by atoms with Gasteiger partial charge in [0.05, 0.1) is 11.4 Å². The smallest absolute Gasteiger partial charge is 0.219 e. The molecule has 0 amide bonds. The molecule has 0 aliphatic carbocycles. The number of aromatic nitrogens is 1. The van der Waals surface area contributed by atoms with Crippen LogP contribution in [0.1, 0.15) is 16.8 Å². The number of pyridine rings is 1. The van der Waals surface area contributed by atoms with E-state index in [1.54, 1.807) is 6.07 Å². The number of aryl methyl sites for hydroxylation is 2. The third-order valence-corrected chi connectivity index (χ3v) is 2.87. The zero-order valence-corrected chi connectivity index (χ0v) is 10.3. The molecular formula is C14H16N2O. The summed E-state index contributed by atoms with van der Waals surface area (Å²) >= 11 is 0. The molecule has 0 saturated carbocycles. The average Bonchev–Trinajstić information content (AvgIpc) is 2.30. The van der Waals surface area contributed by atoms with Crippen LogP contribution < -0.4 is 10.5 Å². The molecule has 0 aliphatic rings. The van der Waals surface area contributed by atoms with Crippen molar-refractivity contribution in [2.45, 2.75) is 20.8 Å². The Kier molecular flexibility index (Phi) is 3.00. The minimum Gasteiger partial charge on any atom is -0.439 e. The summed E-state index contributed by atoms with van der Waals surface area (Å²) in [6, 6.07) is 9.56. The van der Waals surface area contributed by atoms with Crippen molar-refractivity contribution in [3.05, 3.63) is 47.2 Å². The Hall–Kier alpha value is -2.03. The second kappa shape index (κ2) is 4.45. The summed E-state index contributed by atoms with van der Waals surface area (Å²) < 4.78 is 5.76. The van der Waals surface area contributed by atoms with E-state index < -0.39 is 0 Å². The van der Waals surface area contributed by atoms with Gasteiger partial charge >= 0.3 is 0 Å². The molecule has 1 aromatic heterocycles. The molecule has 1 heterocycles. The zero-order chi connectivity index (χ0) is 12.4. The number of nitrogens with two attached hydrogens (primary N) is 1. The van der Waals surface area contributed by atoms with E-state index in [1.807, 2.05) is 32.0 Å². The number of nitrogen functional groups attached to an aromatic ring is 1. The molecule has 3 nitrogen and oxygen atoms in total. The summed E-state index contributed by atoms with van der Waals surface area (Å²) in [5.74, 6) is 1.41. The minimum absolute atomic E-state index is 0.574. The predicted octanol–water partition coefficient (Wildman–Crippen LogP) is 3.38. The molecule has 3 heteroatoms. The van der Waals surface area contributed by atoms with Crippen LogP contribution in [0.3, 0.4) is 0 Å². The van der Waals surface area contributed by atoms with Gasteiger partial charge in [-0.3, -0.25) is 0 Å². The highest BCUT2D eigenvalue weighted by atomic mass is 16.5. The Morgan fingerprint density at radius 3 is 2.53 bits per heavy atom. The number of rotatable bonds is 2. The highest BCUT2D eigenvalue weighted by Gasteiger charge is 2.05. The summed E-state index contributed by atoms with van der Waals surface area (Å²) in [6.07, 6.45) is 0. The van der Waals surface area contributed by atoms with Crippen LogP contribution in [0.4, 0.5) is 5.69 Å². The molecule has 2 aromatic rings. The van der Waals surface area contributed by atoms with Gasteiger partial charge in [-0.2, -0.15) is 0 Å². The molecule has 0 unspecified atom stereocenters. The Labute approximate surface area is 101 Å². The highest BCUT2D eigenvalue weighted by Crippen LogP contribution is 2.26. The fourth-order valence-electron chi connectivity index (χ4n) is 1.55. The molecule has 2 N–H and O–H groups in total. The lowest BCUT2D eigenvalue weighted by molar-refractivity contribution is 0.458. The van der Waals surface area contributed by atoms with Gasteiger partial charge in [-0.05, 0) is 44.0 Å². The normalized spacial score (nSPS) is 10.3. The Bertz CT molecular complexity index is 550. The molecule has 0 saturated heterocycles. The summed E-state index contributed by atoms with van der Waals surface area (Å²) in [5.41, 5.74) is 9.51. The molecular weight excluding hydrogens is 212 g/mol. The number of ether oxygens (including phenoxy) is 1. The van der Waals surface area contributed by atoms with Crippen LogP contribution in [-0.4, -0.2) is 4.98 Å². The topological polar surface area (TPSA) is 48.1 Å². The molecule has 17 heavy (non-hydrogen) atoms. The van der Waals surface area contributed by atoms with Gasteiger partial charge < -0.3 is 10.5 Å². The third kappa shape index (κ3) is 2.38. The van der Waals surface area contributed by atoms with E-state index in [4.69, 9.17) is 10.5 Å². The Balaban J connectivity index is 2.31. The van der Waals surface area contributed by atoms with Gasteiger partial charge in [0.25, 0.3) is 0 Å². The van der Waals surface area contributed by atoms with Crippen LogP contribution >= 0.6 is 0 Å². The predicted molar refractivity (Wildman–Crippen MR) is 69.4 cm³/mol. The summed E-state index contributed by atoms with van der Waals surface area (Å²) in [6.45, 7) is 5.96. The first-order chi connectivity index (χ1) is 8.08. The van der Waals surface area contributed by atoms with Crippen molar-refractivity contribution in [1.82, 2.24) is 4.98 Å². The van der Waals surface area contributed by atoms with Crippen molar-refractivity contribution in [3.63, 3.8) is 0 Å². The monoisotopic (exact) mass is 228 g/mol. The second-order valence-electron chi connectivity index (χ2n) is 4.12. The van der Waals surface area contributed by atoms with E-state index in [1.165, 1.54) is 5.56 Å². The maximum atomic E-state index is 5.76. The minimum atomic E-state index is 0.574. The quantitative estimate of drug-likeness (QED) is 0.857. The fraction of sp³-hybridized carbons (Fsp3) is 0.214. The fourth-order valence-corrected chi connectivity index (χ4v) is 1.55. The summed E-state index contributed by atoms with van der Waals surface area (Å²) in [5, 5.41) is 0. The van der Waals surface area contributed by atoms with Gasteiger partial charge in [0, 0.05) is 6.07 Å². The average molecular weight is 228 g/mol. The largest absolute Gasteiger partial charge is 0.439 e. The lowest BCUT2D eigenvalue weighted by Crippen LogP contribution is -1.96. The maximum absolute atomic E-state index is 5.76. The molecule has 0 fully saturated rings. The Morgan fingerprint density at radius 2 is 1.82 bits per heavy atom. The van der Waals surface area contributed by atoms with Gasteiger partial charge in [0.1, 0.15) is 5.75 Å². The summed E-state index contributed by atoms with van der Waals surface area (Å²) in [4.78, 5) is 4.29. The molecule has 0 atom stereocenters. The third-order valence-electron chi connectivity index (χ3n) is 2.87. The van der Waals surface area contributed by atoms with Crippen LogP contribution in [0.25, 0.3) is 0 Å². The van der Waals surface area contributed by atoms with Gasteiger partial charge in [0.15, 0.2) is 0 Å². The maximum Gasteiger partial charge on any atom is 0.219 e. The van der Waals surface area contributed by atoms with Crippen molar-refractivity contribution in [1.29, 1.82) is 0 Å². The number of hydrogen-bond donors (Lipinski definition) is 1. The van der Waals surface area contributed by atoms with Gasteiger partial charge in [-0.25, -0.2) is 4.98 Å². The summed E-state index contributed by atoms with van der Waals surface area (Å²) in [7, 11) is 0. The first-order valence-electron chi connectivity index (χ1n) is 5.55. The van der Waals surface area contributed by atoms with E-state index in [2.05, 4.69) is 18.0 Å². The number of anilines is 1. The number of hydrogen-bond acceptors (Lipinski definition) is 3. The van der Waals surface area contributed by atoms with Crippen molar-refractivity contribution in [2.24, 2.45) is 0 Å². The standard InChI is InChI=1S/C14H16N2O/c1-9-5-4-6-13(10(9)2)17-14-8-7-12(15)11(3)16-14/h4-8H,15H2,1-3H3. The zero-order valence-electron chi connectivity index (χ0n) is 10.3. The van der Waals surface area contributed by atoms with E-state index in [9.17, 15) is 0 Å². The van der Waals surface area contributed by atoms with E-state index in [0.717, 1.165) is 17.0 Å². The van der Waals surface area contributed by atoms with Crippen molar-refractivity contribution in [3.8, 4) is 11.6 Å². The van der Waals surface area contributed by atoms with Gasteiger partial charge in [-0.1, -0.05) is 12.1 Å². The SMILES string of the molecule is Cc1cccc(Oc2ccc(N)c(C)n2)c1C. The van der Waals surface area contributed by atoms with Crippen molar-refractivity contribution >= 4 is 5.69 Å². The number of benzene rings is 1. The van der Waals surface area contributed by atoms with Crippen LogP contribution in [0.5, 0.6) is 11.6 Å². The van der Waals surface area contributed by atoms with Crippen LogP contribution in [-0.2, 0) is 0 Å². The van der Waals surface area contributed by atoms with Gasteiger partial charge in [0.2, 0.25) is 5.88 Å². The molecule has 88 valence electrons. The lowest BCUT2D eigenvalue weighted by Gasteiger charge is -2.10. The van der Waals surface area contributed by atoms with E-state index >= 15 is 0 Å². The van der Waals surface area contributed by atoms with E-state index in [-0.39, 0.29) is 0 Å². The second-order valence-corrected chi connectivity index (χ2v) is 4.12. The molecule has 0 radical (unpaired) electrons. The molecule has 2 rings (SSSR count). The number of nitrogens with zero attached hydrogens (tertiary/aromatic N) is 1. The molecule has 1 aromatic carbocycles. The lowest BCUT2D eigenvalue weighted by atomic mass is 10.1. The van der Waals surface area contributed by atoms with Crippen molar-refractivity contribution < 1.29 is 4.74 Å². The van der Waals surface area contributed by atoms with Crippen LogP contribution in [0.15, 0.2) is 30.3 Å². The van der Waals surface area contributed by atoms with Crippen molar-refractivity contribution in [2.75, 3.05) is 5.73 Å². The van der Waals surface area contributed by atoms with Gasteiger partial charge in [-0.15, -0.1) is 0 Å².